The number of benzene rings is 2. The highest BCUT2D eigenvalue weighted by Gasteiger charge is 2.27. The molecule has 0 spiro atoms. The van der Waals surface area contributed by atoms with Crippen LogP contribution in [0.3, 0.4) is 0 Å². The molecule has 0 bridgehead atoms. The SMILES string of the molecule is CCN(CC)S(=O)(=O)c1cc(C(=O)N[C@@H](C)c2ccc(Cl)cc2)ccc1OC. The van der Waals surface area contributed by atoms with E-state index in [0.717, 1.165) is 5.56 Å². The lowest BCUT2D eigenvalue weighted by Gasteiger charge is -2.21. The second kappa shape index (κ2) is 9.41. The van der Waals surface area contributed by atoms with Gasteiger partial charge in [0, 0.05) is 23.7 Å². The van der Waals surface area contributed by atoms with E-state index in [1.165, 1.54) is 23.5 Å². The molecule has 0 fully saturated rings. The zero-order valence-electron chi connectivity index (χ0n) is 16.4. The van der Waals surface area contributed by atoms with E-state index in [2.05, 4.69) is 5.32 Å². The van der Waals surface area contributed by atoms with Crippen molar-refractivity contribution < 1.29 is 17.9 Å². The van der Waals surface area contributed by atoms with Gasteiger partial charge in [0.25, 0.3) is 5.91 Å². The Kier molecular flexibility index (Phi) is 7.46. The maximum atomic E-state index is 12.9. The number of sulfonamides is 1. The molecule has 152 valence electrons. The molecule has 0 saturated carbocycles. The molecule has 1 amide bonds. The molecule has 2 aromatic carbocycles. The zero-order valence-corrected chi connectivity index (χ0v) is 18.0. The molecular weight excluding hydrogens is 400 g/mol. The summed E-state index contributed by atoms with van der Waals surface area (Å²) in [7, 11) is -2.37. The minimum Gasteiger partial charge on any atom is -0.495 e. The van der Waals surface area contributed by atoms with Crippen LogP contribution in [0.1, 0.15) is 42.7 Å². The lowest BCUT2D eigenvalue weighted by atomic mass is 10.1. The highest BCUT2D eigenvalue weighted by Crippen LogP contribution is 2.28. The highest BCUT2D eigenvalue weighted by atomic mass is 35.5. The summed E-state index contributed by atoms with van der Waals surface area (Å²) in [5, 5.41) is 3.49. The number of carbonyl (C=O) groups is 1. The fourth-order valence-corrected chi connectivity index (χ4v) is 4.60. The Labute approximate surface area is 171 Å². The summed E-state index contributed by atoms with van der Waals surface area (Å²) in [4.78, 5) is 12.7. The molecule has 1 atom stereocenters. The number of amides is 1. The van der Waals surface area contributed by atoms with Crippen molar-refractivity contribution in [1.82, 2.24) is 9.62 Å². The van der Waals surface area contributed by atoms with Gasteiger partial charge in [-0.25, -0.2) is 8.42 Å². The van der Waals surface area contributed by atoms with Gasteiger partial charge in [-0.15, -0.1) is 0 Å². The fraction of sp³-hybridized carbons (Fsp3) is 0.350. The van der Waals surface area contributed by atoms with Gasteiger partial charge in [0.2, 0.25) is 10.0 Å². The Bertz CT molecular complexity index is 926. The van der Waals surface area contributed by atoms with Gasteiger partial charge >= 0.3 is 0 Å². The first-order valence-electron chi connectivity index (χ1n) is 8.99. The van der Waals surface area contributed by atoms with Crippen molar-refractivity contribution in [3.05, 3.63) is 58.6 Å². The Balaban J connectivity index is 2.33. The molecule has 1 N–H and O–H groups in total. The first-order chi connectivity index (χ1) is 13.2. The lowest BCUT2D eigenvalue weighted by Crippen LogP contribution is -2.31. The molecule has 2 aromatic rings. The van der Waals surface area contributed by atoms with E-state index in [1.54, 1.807) is 32.0 Å². The van der Waals surface area contributed by atoms with Crippen molar-refractivity contribution >= 4 is 27.5 Å². The summed E-state index contributed by atoms with van der Waals surface area (Å²) >= 11 is 5.90. The van der Waals surface area contributed by atoms with Crippen molar-refractivity contribution in [3.63, 3.8) is 0 Å². The maximum absolute atomic E-state index is 12.9. The van der Waals surface area contributed by atoms with Crippen LogP contribution < -0.4 is 10.1 Å². The second-order valence-corrected chi connectivity index (χ2v) is 8.54. The van der Waals surface area contributed by atoms with Gasteiger partial charge in [0.1, 0.15) is 10.6 Å². The van der Waals surface area contributed by atoms with Crippen molar-refractivity contribution in [2.75, 3.05) is 20.2 Å². The van der Waals surface area contributed by atoms with Crippen molar-refractivity contribution in [3.8, 4) is 5.75 Å². The second-order valence-electron chi connectivity index (χ2n) is 6.20. The quantitative estimate of drug-likeness (QED) is 0.697. The molecule has 0 radical (unpaired) electrons. The number of halogens is 1. The van der Waals surface area contributed by atoms with E-state index in [1.807, 2.05) is 19.1 Å². The molecule has 28 heavy (non-hydrogen) atoms. The number of ether oxygens (including phenoxy) is 1. The number of nitrogens with zero attached hydrogens (tertiary/aromatic N) is 1. The molecule has 2 rings (SSSR count). The minimum atomic E-state index is -3.77. The largest absolute Gasteiger partial charge is 0.495 e. The first kappa shape index (κ1) is 22.2. The number of carbonyl (C=O) groups excluding carboxylic acids is 1. The summed E-state index contributed by atoms with van der Waals surface area (Å²) in [6, 6.07) is 11.3. The number of hydrogen-bond donors (Lipinski definition) is 1. The highest BCUT2D eigenvalue weighted by molar-refractivity contribution is 7.89. The molecule has 0 aliphatic carbocycles. The van der Waals surface area contributed by atoms with Crippen LogP contribution >= 0.6 is 11.6 Å². The summed E-state index contributed by atoms with van der Waals surface area (Å²) in [5.74, 6) is -0.171. The average Bonchev–Trinajstić information content (AvgIpc) is 2.68. The van der Waals surface area contributed by atoms with E-state index in [0.29, 0.717) is 18.1 Å². The minimum absolute atomic E-state index is 0.0227. The molecule has 0 saturated heterocycles. The van der Waals surface area contributed by atoms with Gasteiger partial charge in [-0.3, -0.25) is 4.79 Å². The molecule has 0 aliphatic rings. The van der Waals surface area contributed by atoms with Crippen LogP contribution in [0.4, 0.5) is 0 Å². The Hall–Kier alpha value is -2.09. The predicted molar refractivity (Wildman–Crippen MR) is 110 cm³/mol. The summed E-state index contributed by atoms with van der Waals surface area (Å²) in [6.45, 7) is 6.02. The van der Waals surface area contributed by atoms with Crippen LogP contribution in [-0.4, -0.2) is 38.8 Å². The van der Waals surface area contributed by atoms with Crippen LogP contribution in [0.15, 0.2) is 47.4 Å². The van der Waals surface area contributed by atoms with Crippen molar-refractivity contribution in [1.29, 1.82) is 0 Å². The van der Waals surface area contributed by atoms with Crippen LogP contribution in [0.5, 0.6) is 5.75 Å². The van der Waals surface area contributed by atoms with Crippen LogP contribution in [0.25, 0.3) is 0 Å². The Morgan fingerprint density at radius 2 is 1.75 bits per heavy atom. The third-order valence-corrected chi connectivity index (χ3v) is 6.79. The van der Waals surface area contributed by atoms with E-state index in [-0.39, 0.29) is 28.2 Å². The smallest absolute Gasteiger partial charge is 0.251 e. The van der Waals surface area contributed by atoms with Crippen molar-refractivity contribution in [2.45, 2.75) is 31.7 Å². The number of methoxy groups -OCH3 is 1. The summed E-state index contributed by atoms with van der Waals surface area (Å²) in [6.07, 6.45) is 0. The number of nitrogens with one attached hydrogen (secondary N) is 1. The summed E-state index contributed by atoms with van der Waals surface area (Å²) in [5.41, 5.74) is 1.13. The van der Waals surface area contributed by atoms with Gasteiger partial charge in [-0.05, 0) is 42.8 Å². The van der Waals surface area contributed by atoms with Gasteiger partial charge in [0.05, 0.1) is 13.2 Å². The van der Waals surface area contributed by atoms with E-state index in [9.17, 15) is 13.2 Å². The van der Waals surface area contributed by atoms with Crippen LogP contribution in [0.2, 0.25) is 5.02 Å². The Morgan fingerprint density at radius 3 is 2.29 bits per heavy atom. The van der Waals surface area contributed by atoms with E-state index >= 15 is 0 Å². The monoisotopic (exact) mass is 424 g/mol. The summed E-state index contributed by atoms with van der Waals surface area (Å²) < 4.78 is 32.4. The molecule has 0 aromatic heterocycles. The van der Waals surface area contributed by atoms with Crippen LogP contribution in [0, 0.1) is 0 Å². The molecule has 0 heterocycles. The topological polar surface area (TPSA) is 75.7 Å². The Morgan fingerprint density at radius 1 is 1.14 bits per heavy atom. The number of rotatable bonds is 8. The predicted octanol–water partition coefficient (Wildman–Crippen LogP) is 3.87. The van der Waals surface area contributed by atoms with E-state index in [4.69, 9.17) is 16.3 Å². The van der Waals surface area contributed by atoms with Gasteiger partial charge in [0.15, 0.2) is 0 Å². The molecule has 0 unspecified atom stereocenters. The maximum Gasteiger partial charge on any atom is 0.251 e. The zero-order chi connectivity index (χ0) is 20.9. The standard InChI is InChI=1S/C20H25ClN2O4S/c1-5-23(6-2)28(25,26)19-13-16(9-12-18(19)27-4)20(24)22-14(3)15-7-10-17(21)11-8-15/h7-14H,5-6H2,1-4H3,(H,22,24)/t14-/m0/s1. The van der Waals surface area contributed by atoms with Crippen LogP contribution in [-0.2, 0) is 10.0 Å². The van der Waals surface area contributed by atoms with E-state index < -0.39 is 10.0 Å². The third-order valence-electron chi connectivity index (χ3n) is 4.47. The first-order valence-corrected chi connectivity index (χ1v) is 10.8. The average molecular weight is 425 g/mol. The van der Waals surface area contributed by atoms with Gasteiger partial charge < -0.3 is 10.1 Å². The molecule has 6 nitrogen and oxygen atoms in total. The fourth-order valence-electron chi connectivity index (χ4n) is 2.84. The lowest BCUT2D eigenvalue weighted by molar-refractivity contribution is 0.0939. The van der Waals surface area contributed by atoms with Crippen molar-refractivity contribution in [2.24, 2.45) is 0 Å². The molecular formula is C20H25ClN2O4S. The number of hydrogen-bond acceptors (Lipinski definition) is 4. The van der Waals surface area contributed by atoms with Gasteiger partial charge in [-0.1, -0.05) is 37.6 Å². The third kappa shape index (κ3) is 4.84. The normalized spacial score (nSPS) is 12.6. The molecule has 0 aliphatic heterocycles. The van der Waals surface area contributed by atoms with Gasteiger partial charge in [-0.2, -0.15) is 4.31 Å². The molecule has 8 heteroatoms.